The van der Waals surface area contributed by atoms with Gasteiger partial charge in [0.05, 0.1) is 6.54 Å². The van der Waals surface area contributed by atoms with E-state index in [0.717, 1.165) is 30.5 Å². The third-order valence-electron chi connectivity index (χ3n) is 3.53. The van der Waals surface area contributed by atoms with Gasteiger partial charge in [0.25, 0.3) is 0 Å². The number of fused-ring (bicyclic) bond motifs is 1. The molecule has 2 rings (SSSR count). The second kappa shape index (κ2) is 6.09. The Hall–Kier alpha value is -1.81. The maximum atomic E-state index is 11.6. The van der Waals surface area contributed by atoms with Gasteiger partial charge in [-0.05, 0) is 31.4 Å². The van der Waals surface area contributed by atoms with Crippen molar-refractivity contribution in [3.05, 3.63) is 39.7 Å². The van der Waals surface area contributed by atoms with Crippen molar-refractivity contribution >= 4 is 11.0 Å². The summed E-state index contributed by atoms with van der Waals surface area (Å²) in [6, 6.07) is 5.01. The second-order valence-electron chi connectivity index (χ2n) is 5.64. The number of phenols is 1. The highest BCUT2D eigenvalue weighted by Gasteiger charge is 2.11. The van der Waals surface area contributed by atoms with Crippen LogP contribution in [0.3, 0.4) is 0 Å². The number of aromatic hydroxyl groups is 1. The van der Waals surface area contributed by atoms with E-state index in [2.05, 4.69) is 19.2 Å². The van der Waals surface area contributed by atoms with Gasteiger partial charge in [-0.2, -0.15) is 0 Å². The van der Waals surface area contributed by atoms with Gasteiger partial charge in [-0.1, -0.05) is 13.8 Å². The van der Waals surface area contributed by atoms with E-state index in [0.29, 0.717) is 17.1 Å². The maximum Gasteiger partial charge on any atom is 0.336 e. The Labute approximate surface area is 118 Å². The van der Waals surface area contributed by atoms with Crippen LogP contribution in [0.1, 0.15) is 31.4 Å². The van der Waals surface area contributed by atoms with Crippen LogP contribution < -0.4 is 10.9 Å². The Bertz CT molecular complexity index is 659. The summed E-state index contributed by atoms with van der Waals surface area (Å²) in [7, 11) is 0. The molecule has 0 atom stereocenters. The average molecular weight is 276 g/mol. The molecule has 1 aromatic carbocycles. The first-order valence-corrected chi connectivity index (χ1v) is 7.06. The van der Waals surface area contributed by atoms with Gasteiger partial charge >= 0.3 is 5.63 Å². The molecular formula is C16H22NO3+. The standard InChI is InChI=1S/C16H21NO3/c1-10(2)6-7-17-9-12-8-15(19)20-16-11(3)14(18)5-4-13(12)16/h4-5,8,10,17-18H,6-7,9H2,1-3H3/p+1. The zero-order valence-electron chi connectivity index (χ0n) is 12.3. The number of hydrogen-bond donors (Lipinski definition) is 2. The number of phenolic OH excluding ortho intramolecular Hbond substituents is 1. The van der Waals surface area contributed by atoms with Crippen molar-refractivity contribution in [2.24, 2.45) is 5.92 Å². The summed E-state index contributed by atoms with van der Waals surface area (Å²) in [5.41, 5.74) is 1.70. The quantitative estimate of drug-likeness (QED) is 0.647. The number of rotatable bonds is 5. The fourth-order valence-electron chi connectivity index (χ4n) is 2.29. The van der Waals surface area contributed by atoms with Crippen LogP contribution in [0.25, 0.3) is 11.0 Å². The van der Waals surface area contributed by atoms with Gasteiger partial charge in [-0.3, -0.25) is 0 Å². The predicted molar refractivity (Wildman–Crippen MR) is 78.8 cm³/mol. The van der Waals surface area contributed by atoms with Crippen molar-refractivity contribution < 1.29 is 14.8 Å². The van der Waals surface area contributed by atoms with Crippen molar-refractivity contribution in [3.63, 3.8) is 0 Å². The Morgan fingerprint density at radius 3 is 2.80 bits per heavy atom. The van der Waals surface area contributed by atoms with Gasteiger partial charge < -0.3 is 14.8 Å². The molecular weight excluding hydrogens is 254 g/mol. The lowest BCUT2D eigenvalue weighted by Gasteiger charge is -2.08. The Balaban J connectivity index is 2.29. The van der Waals surface area contributed by atoms with Crippen LogP contribution >= 0.6 is 0 Å². The van der Waals surface area contributed by atoms with Gasteiger partial charge in [0.15, 0.2) is 0 Å². The second-order valence-corrected chi connectivity index (χ2v) is 5.64. The maximum absolute atomic E-state index is 11.6. The molecule has 0 aliphatic rings. The number of benzene rings is 1. The molecule has 3 N–H and O–H groups in total. The highest BCUT2D eigenvalue weighted by Crippen LogP contribution is 2.26. The van der Waals surface area contributed by atoms with Crippen molar-refractivity contribution in [1.82, 2.24) is 0 Å². The van der Waals surface area contributed by atoms with Crippen molar-refractivity contribution in [1.29, 1.82) is 0 Å². The highest BCUT2D eigenvalue weighted by molar-refractivity contribution is 5.84. The topological polar surface area (TPSA) is 67.1 Å². The predicted octanol–water partition coefficient (Wildman–Crippen LogP) is 1.92. The summed E-state index contributed by atoms with van der Waals surface area (Å²) in [6.07, 6.45) is 1.15. The first kappa shape index (κ1) is 14.6. The molecule has 0 aliphatic carbocycles. The van der Waals surface area contributed by atoms with Crippen molar-refractivity contribution in [2.45, 2.75) is 33.7 Å². The monoisotopic (exact) mass is 276 g/mol. The van der Waals surface area contributed by atoms with E-state index < -0.39 is 0 Å². The van der Waals surface area contributed by atoms with Crippen molar-refractivity contribution in [2.75, 3.05) is 6.54 Å². The van der Waals surface area contributed by atoms with E-state index in [-0.39, 0.29) is 11.4 Å². The van der Waals surface area contributed by atoms with Crippen LogP contribution in [0.5, 0.6) is 5.75 Å². The molecule has 0 aliphatic heterocycles. The van der Waals surface area contributed by atoms with E-state index in [1.54, 1.807) is 19.1 Å². The van der Waals surface area contributed by atoms with Crippen LogP contribution in [0.2, 0.25) is 0 Å². The van der Waals surface area contributed by atoms with E-state index in [9.17, 15) is 9.90 Å². The van der Waals surface area contributed by atoms with Gasteiger partial charge in [-0.15, -0.1) is 0 Å². The smallest absolute Gasteiger partial charge is 0.336 e. The molecule has 0 spiro atoms. The van der Waals surface area contributed by atoms with Crippen molar-refractivity contribution in [3.8, 4) is 5.75 Å². The fraction of sp³-hybridized carbons (Fsp3) is 0.438. The van der Waals surface area contributed by atoms with E-state index in [1.807, 2.05) is 6.07 Å². The molecule has 4 heteroatoms. The van der Waals surface area contributed by atoms with Gasteiger partial charge in [0.2, 0.25) is 0 Å². The molecule has 0 unspecified atom stereocenters. The van der Waals surface area contributed by atoms with E-state index >= 15 is 0 Å². The highest BCUT2D eigenvalue weighted by atomic mass is 16.4. The lowest BCUT2D eigenvalue weighted by molar-refractivity contribution is -0.671. The van der Waals surface area contributed by atoms with Gasteiger partial charge in [0, 0.05) is 22.6 Å². The Morgan fingerprint density at radius 2 is 2.10 bits per heavy atom. The minimum Gasteiger partial charge on any atom is -0.508 e. The van der Waals surface area contributed by atoms with E-state index in [4.69, 9.17) is 4.42 Å². The zero-order valence-corrected chi connectivity index (χ0v) is 12.3. The average Bonchev–Trinajstić information content (AvgIpc) is 2.39. The van der Waals surface area contributed by atoms with Gasteiger partial charge in [-0.25, -0.2) is 4.79 Å². The molecule has 0 bridgehead atoms. The summed E-state index contributed by atoms with van der Waals surface area (Å²) in [5, 5.41) is 12.8. The molecule has 0 fully saturated rings. The number of nitrogens with two attached hydrogens (primary N) is 1. The Kier molecular flexibility index (Phi) is 4.45. The molecule has 108 valence electrons. The summed E-state index contributed by atoms with van der Waals surface area (Å²) in [6.45, 7) is 7.95. The van der Waals surface area contributed by atoms with E-state index in [1.165, 1.54) is 0 Å². The normalized spacial score (nSPS) is 11.4. The van der Waals surface area contributed by atoms with Crippen LogP contribution in [-0.2, 0) is 6.54 Å². The molecule has 1 heterocycles. The van der Waals surface area contributed by atoms with Crippen LogP contribution in [0.15, 0.2) is 27.4 Å². The third-order valence-corrected chi connectivity index (χ3v) is 3.53. The van der Waals surface area contributed by atoms with Crippen LogP contribution in [0.4, 0.5) is 0 Å². The SMILES string of the molecule is Cc1c(O)ccc2c(C[NH2+]CCC(C)C)cc(=O)oc12. The fourth-order valence-corrected chi connectivity index (χ4v) is 2.29. The number of hydrogen-bond acceptors (Lipinski definition) is 3. The Morgan fingerprint density at radius 1 is 1.35 bits per heavy atom. The molecule has 0 saturated carbocycles. The van der Waals surface area contributed by atoms with Gasteiger partial charge in [0.1, 0.15) is 17.9 Å². The molecule has 0 saturated heterocycles. The first-order chi connectivity index (χ1) is 9.49. The zero-order chi connectivity index (χ0) is 14.7. The molecule has 4 nitrogen and oxygen atoms in total. The molecule has 1 aromatic heterocycles. The minimum absolute atomic E-state index is 0.154. The number of quaternary nitrogens is 1. The summed E-state index contributed by atoms with van der Waals surface area (Å²) < 4.78 is 5.23. The molecule has 2 aromatic rings. The largest absolute Gasteiger partial charge is 0.508 e. The number of aryl methyl sites for hydroxylation is 1. The van der Waals surface area contributed by atoms with Crippen LogP contribution in [0, 0.1) is 12.8 Å². The first-order valence-electron chi connectivity index (χ1n) is 7.06. The van der Waals surface area contributed by atoms with Crippen LogP contribution in [-0.4, -0.2) is 11.7 Å². The molecule has 0 radical (unpaired) electrons. The molecule has 20 heavy (non-hydrogen) atoms. The minimum atomic E-state index is -0.363. The summed E-state index contributed by atoms with van der Waals surface area (Å²) >= 11 is 0. The lowest BCUT2D eigenvalue weighted by Crippen LogP contribution is -2.82. The molecule has 0 amide bonds. The summed E-state index contributed by atoms with van der Waals surface area (Å²) in [5.74, 6) is 0.838. The summed E-state index contributed by atoms with van der Waals surface area (Å²) in [4.78, 5) is 11.6. The lowest BCUT2D eigenvalue weighted by atomic mass is 10.1. The third kappa shape index (κ3) is 3.20.